The normalized spacial score (nSPS) is 11.1. The molecule has 0 atom stereocenters. The van der Waals surface area contributed by atoms with Crippen LogP contribution in [0.1, 0.15) is 52.9 Å². The minimum atomic E-state index is 1.06. The number of hydrogen-bond donors (Lipinski definition) is 2. The Kier molecular flexibility index (Phi) is 10.9. The van der Waals surface area contributed by atoms with E-state index >= 15 is 0 Å². The fourth-order valence-electron chi connectivity index (χ4n) is 1.17. The van der Waals surface area contributed by atoms with E-state index in [9.17, 15) is 0 Å². The Balaban J connectivity index is 3.49. The van der Waals surface area contributed by atoms with Gasteiger partial charge in [0.2, 0.25) is 0 Å². The highest BCUT2D eigenvalue weighted by atomic mass is 15.7. The molecule has 14 heavy (non-hydrogen) atoms. The van der Waals surface area contributed by atoms with Crippen molar-refractivity contribution in [2.24, 2.45) is 0 Å². The molecule has 0 fully saturated rings. The average Bonchev–Trinajstić information content (AvgIpc) is 2.21. The Hall–Kier alpha value is -0.120. The second-order valence-corrected chi connectivity index (χ2v) is 3.67. The maximum Gasteiger partial charge on any atom is 0.0288 e. The second-order valence-electron chi connectivity index (χ2n) is 3.67. The van der Waals surface area contributed by atoms with Crippen molar-refractivity contribution >= 4 is 0 Å². The zero-order valence-corrected chi connectivity index (χ0v) is 10.1. The van der Waals surface area contributed by atoms with Gasteiger partial charge in [-0.3, -0.25) is 0 Å². The maximum atomic E-state index is 3.41. The van der Waals surface area contributed by atoms with Crippen LogP contribution in [0.15, 0.2) is 0 Å². The molecule has 3 heteroatoms. The molecule has 0 radical (unpaired) electrons. The molecule has 0 spiro atoms. The molecule has 2 N–H and O–H groups in total. The molecule has 0 aromatic carbocycles. The number of hydrazine groups is 2. The van der Waals surface area contributed by atoms with Crippen molar-refractivity contribution in [3.8, 4) is 0 Å². The van der Waals surface area contributed by atoms with Gasteiger partial charge in [0.05, 0.1) is 0 Å². The molecule has 0 aromatic rings. The fourth-order valence-corrected chi connectivity index (χ4v) is 1.17. The van der Waals surface area contributed by atoms with Gasteiger partial charge in [0.15, 0.2) is 0 Å². The van der Waals surface area contributed by atoms with Crippen LogP contribution in [0.25, 0.3) is 0 Å². The molecule has 86 valence electrons. The van der Waals surface area contributed by atoms with Crippen molar-refractivity contribution in [3.63, 3.8) is 0 Å². The van der Waals surface area contributed by atoms with Gasteiger partial charge in [0, 0.05) is 19.6 Å². The molecule has 0 aromatic heterocycles. The highest BCUT2D eigenvalue weighted by Gasteiger charge is 2.00. The molecule has 0 bridgehead atoms. The van der Waals surface area contributed by atoms with E-state index in [1.807, 2.05) is 0 Å². The first kappa shape index (κ1) is 13.9. The highest BCUT2D eigenvalue weighted by molar-refractivity contribution is 4.48. The van der Waals surface area contributed by atoms with E-state index in [0.717, 1.165) is 19.6 Å². The van der Waals surface area contributed by atoms with Gasteiger partial charge < -0.3 is 0 Å². The number of unbranched alkanes of at least 4 members (excludes halogenated alkanes) is 2. The summed E-state index contributed by atoms with van der Waals surface area (Å²) in [5.41, 5.74) is 6.80. The second kappa shape index (κ2) is 11.0. The molecule has 0 aliphatic carbocycles. The zero-order valence-electron chi connectivity index (χ0n) is 10.1. The van der Waals surface area contributed by atoms with Crippen molar-refractivity contribution in [1.29, 1.82) is 0 Å². The minimum absolute atomic E-state index is 1.06. The highest BCUT2D eigenvalue weighted by Crippen LogP contribution is 1.90. The summed E-state index contributed by atoms with van der Waals surface area (Å²) >= 11 is 0. The molecule has 0 heterocycles. The Labute approximate surface area is 89.2 Å². The summed E-state index contributed by atoms with van der Waals surface area (Å²) in [7, 11) is 0. The zero-order chi connectivity index (χ0) is 10.6. The van der Waals surface area contributed by atoms with Crippen molar-refractivity contribution in [2.75, 3.05) is 19.6 Å². The summed E-state index contributed by atoms with van der Waals surface area (Å²) in [5, 5.41) is 2.16. The van der Waals surface area contributed by atoms with Crippen molar-refractivity contribution in [2.45, 2.75) is 52.9 Å². The largest absolute Gasteiger partial charge is 0.242 e. The Morgan fingerprint density at radius 2 is 1.43 bits per heavy atom. The lowest BCUT2D eigenvalue weighted by atomic mass is 10.3. The summed E-state index contributed by atoms with van der Waals surface area (Å²) in [5.74, 6) is 0. The van der Waals surface area contributed by atoms with E-state index in [-0.39, 0.29) is 0 Å². The molecular formula is C11H27N3. The topological polar surface area (TPSA) is 27.3 Å². The van der Waals surface area contributed by atoms with Gasteiger partial charge in [0.1, 0.15) is 0 Å². The van der Waals surface area contributed by atoms with Gasteiger partial charge in [0.25, 0.3) is 0 Å². The molecule has 0 rings (SSSR count). The molecule has 0 aliphatic rings. The van der Waals surface area contributed by atoms with Crippen LogP contribution < -0.4 is 10.9 Å². The maximum absolute atomic E-state index is 3.41. The van der Waals surface area contributed by atoms with Crippen LogP contribution >= 0.6 is 0 Å². The Bertz CT molecular complexity index is 98.7. The first-order valence-electron chi connectivity index (χ1n) is 6.09. The lowest BCUT2D eigenvalue weighted by Gasteiger charge is -2.23. The summed E-state index contributed by atoms with van der Waals surface area (Å²) in [4.78, 5) is 0. The van der Waals surface area contributed by atoms with Crippen LogP contribution in [0.2, 0.25) is 0 Å². The Morgan fingerprint density at radius 3 is 2.00 bits per heavy atom. The van der Waals surface area contributed by atoms with Crippen molar-refractivity contribution in [1.82, 2.24) is 16.0 Å². The van der Waals surface area contributed by atoms with Crippen molar-refractivity contribution < 1.29 is 0 Å². The molecule has 0 amide bonds. The van der Waals surface area contributed by atoms with Gasteiger partial charge in [-0.05, 0) is 19.3 Å². The van der Waals surface area contributed by atoms with Gasteiger partial charge in [-0.15, -0.1) is 0 Å². The number of nitrogens with one attached hydrogen (secondary N) is 2. The van der Waals surface area contributed by atoms with E-state index in [1.165, 1.54) is 32.1 Å². The first-order valence-corrected chi connectivity index (χ1v) is 6.09. The van der Waals surface area contributed by atoms with E-state index in [4.69, 9.17) is 0 Å². The predicted molar refractivity (Wildman–Crippen MR) is 62.8 cm³/mol. The van der Waals surface area contributed by atoms with Crippen LogP contribution in [0.5, 0.6) is 0 Å². The number of rotatable bonds is 10. The summed E-state index contributed by atoms with van der Waals surface area (Å²) in [6, 6.07) is 0. The van der Waals surface area contributed by atoms with E-state index in [2.05, 4.69) is 36.7 Å². The third-order valence-electron chi connectivity index (χ3n) is 2.12. The number of hydrogen-bond acceptors (Lipinski definition) is 3. The van der Waals surface area contributed by atoms with Crippen LogP contribution in [0, 0.1) is 0 Å². The van der Waals surface area contributed by atoms with Gasteiger partial charge in [-0.25, -0.2) is 10.9 Å². The molecule has 3 nitrogen and oxygen atoms in total. The fraction of sp³-hybridized carbons (Fsp3) is 1.00. The van der Waals surface area contributed by atoms with Gasteiger partial charge >= 0.3 is 0 Å². The van der Waals surface area contributed by atoms with Gasteiger partial charge in [-0.2, -0.15) is 5.12 Å². The molecule has 0 saturated carbocycles. The van der Waals surface area contributed by atoms with Crippen LogP contribution in [-0.2, 0) is 0 Å². The quantitative estimate of drug-likeness (QED) is 0.419. The smallest absolute Gasteiger partial charge is 0.0288 e. The summed E-state index contributed by atoms with van der Waals surface area (Å²) in [6.45, 7) is 9.87. The third kappa shape index (κ3) is 8.48. The molecule has 0 aliphatic heterocycles. The molecular weight excluding hydrogens is 174 g/mol. The molecule has 0 unspecified atom stereocenters. The number of nitrogens with zero attached hydrogens (tertiary/aromatic N) is 1. The Morgan fingerprint density at radius 1 is 0.786 bits per heavy atom. The SMILES string of the molecule is CCCCNN(CCCC)NCCC. The van der Waals surface area contributed by atoms with E-state index < -0.39 is 0 Å². The van der Waals surface area contributed by atoms with E-state index in [0.29, 0.717) is 0 Å². The van der Waals surface area contributed by atoms with E-state index in [1.54, 1.807) is 0 Å². The minimum Gasteiger partial charge on any atom is -0.242 e. The first-order chi connectivity index (χ1) is 6.85. The van der Waals surface area contributed by atoms with Crippen molar-refractivity contribution in [3.05, 3.63) is 0 Å². The lowest BCUT2D eigenvalue weighted by molar-refractivity contribution is 0.111. The summed E-state index contributed by atoms with van der Waals surface area (Å²) in [6.07, 6.45) is 6.17. The third-order valence-corrected chi connectivity index (χ3v) is 2.12. The van der Waals surface area contributed by atoms with Crippen LogP contribution in [0.4, 0.5) is 0 Å². The van der Waals surface area contributed by atoms with Crippen LogP contribution in [-0.4, -0.2) is 24.8 Å². The van der Waals surface area contributed by atoms with Crippen LogP contribution in [0.3, 0.4) is 0 Å². The predicted octanol–water partition coefficient (Wildman–Crippen LogP) is 2.31. The monoisotopic (exact) mass is 201 g/mol. The lowest BCUT2D eigenvalue weighted by Crippen LogP contribution is -2.49. The standard InChI is InChI=1S/C11H27N3/c1-4-7-10-13-14(11-8-5-2)12-9-6-3/h12-13H,4-11H2,1-3H3. The average molecular weight is 201 g/mol. The molecule has 0 saturated heterocycles. The van der Waals surface area contributed by atoms with Gasteiger partial charge in [-0.1, -0.05) is 33.6 Å². The summed E-state index contributed by atoms with van der Waals surface area (Å²) < 4.78 is 0.